The van der Waals surface area contributed by atoms with Crippen LogP contribution in [0.4, 0.5) is 136 Å². The lowest BCUT2D eigenvalue weighted by atomic mass is 9.83. The lowest BCUT2D eigenvalue weighted by molar-refractivity contribution is -0.488. The Morgan fingerprint density at radius 3 is 0.440 bits per heavy atom. The molecule has 0 spiro atoms. The van der Waals surface area contributed by atoms with E-state index in [0.29, 0.717) is 0 Å². The van der Waals surface area contributed by atoms with E-state index in [9.17, 15) is 136 Å². The maximum absolute atomic E-state index is 13.8. The molecule has 0 bridgehead atoms. The van der Waals surface area contributed by atoms with E-state index in [1.54, 1.807) is 0 Å². The molecule has 0 aliphatic rings. The highest BCUT2D eigenvalue weighted by Crippen LogP contribution is 2.69. The molecule has 0 saturated heterocycles. The third kappa shape index (κ3) is 5.52. The first kappa shape index (κ1) is 48.9. The Morgan fingerprint density at radius 2 is 0.320 bits per heavy atom. The van der Waals surface area contributed by atoms with E-state index in [0.717, 1.165) is 0 Å². The predicted molar refractivity (Wildman–Crippen MR) is 98.6 cm³/mol. The zero-order valence-corrected chi connectivity index (χ0v) is 24.1. The molecule has 0 aliphatic carbocycles. The van der Waals surface area contributed by atoms with Gasteiger partial charge in [0.15, 0.2) is 0 Å². The zero-order chi connectivity index (χ0) is 42.0. The van der Waals surface area contributed by atoms with Gasteiger partial charge in [0.25, 0.3) is 0 Å². The van der Waals surface area contributed by atoms with Gasteiger partial charge in [-0.25, -0.2) is 0 Å². The fraction of sp³-hybridized carbons (Fsp3) is 1.00. The zero-order valence-electron chi connectivity index (χ0n) is 20.9. The van der Waals surface area contributed by atoms with Crippen LogP contribution in [0.1, 0.15) is 0 Å². The average Bonchev–Trinajstić information content (AvgIpc) is 2.85. The molecular weight excluding hydrogens is 904 g/mol. The molecule has 0 aromatic heterocycles. The van der Waals surface area contributed by atoms with Crippen molar-refractivity contribution in [2.75, 3.05) is 0 Å². The molecule has 0 heterocycles. The largest absolute Gasteiger partial charge is 0.460 e. The van der Waals surface area contributed by atoms with Crippen molar-refractivity contribution in [3.63, 3.8) is 0 Å². The number of hydrogen-bond donors (Lipinski definition) is 0. The van der Waals surface area contributed by atoms with Crippen molar-refractivity contribution in [1.82, 2.24) is 0 Å². The van der Waals surface area contributed by atoms with E-state index in [4.69, 9.17) is 0 Å². The van der Waals surface area contributed by atoms with Crippen LogP contribution in [0.5, 0.6) is 0 Å². The second-order valence-electron chi connectivity index (χ2n) is 9.04. The van der Waals surface area contributed by atoms with Crippen LogP contribution in [0.3, 0.4) is 0 Å². The lowest BCUT2D eigenvalue weighted by Crippen LogP contribution is -2.80. The molecule has 0 rings (SSSR count). The SMILES string of the molecule is FC(F)(F)C(F)(F)C(F)(F)C(F)(F)C(F)(F)C(F)(F)C(F)(F)C(F)(F)C(F)(F)C(F)(F)C(F)(F)C(F)(F)C(F)(F)C(F)(F)C(F)(F)[Si](Cl)(Cl)Cl. The summed E-state index contributed by atoms with van der Waals surface area (Å²) < 4.78 is 416. The van der Waals surface area contributed by atoms with Gasteiger partial charge >= 0.3 is 94.7 Å². The van der Waals surface area contributed by atoms with E-state index < -0.39 is 94.7 Å². The van der Waals surface area contributed by atoms with Gasteiger partial charge in [-0.2, -0.15) is 136 Å². The molecule has 0 nitrogen and oxygen atoms in total. The highest BCUT2D eigenvalue weighted by Gasteiger charge is 3.01. The van der Waals surface area contributed by atoms with Crippen LogP contribution >= 0.6 is 33.2 Å². The van der Waals surface area contributed by atoms with Gasteiger partial charge in [0, 0.05) is 0 Å². The van der Waals surface area contributed by atoms with Gasteiger partial charge in [-0.1, -0.05) is 0 Å². The smallest absolute Gasteiger partial charge is 0.200 e. The summed E-state index contributed by atoms with van der Waals surface area (Å²) in [7, 11) is 0. The molecule has 0 N–H and O–H groups in total. The van der Waals surface area contributed by atoms with Crippen molar-refractivity contribution in [1.29, 1.82) is 0 Å². The van der Waals surface area contributed by atoms with Crippen LogP contribution in [0.25, 0.3) is 0 Å². The van der Waals surface area contributed by atoms with E-state index in [2.05, 4.69) is 33.2 Å². The van der Waals surface area contributed by atoms with Crippen LogP contribution in [-0.4, -0.2) is 94.7 Å². The summed E-state index contributed by atoms with van der Waals surface area (Å²) in [5.74, 6) is -125. The number of hydrogen-bond acceptors (Lipinski definition) is 0. The summed E-state index contributed by atoms with van der Waals surface area (Å²) in [5, 5.41) is 0. The van der Waals surface area contributed by atoms with Crippen LogP contribution in [0.15, 0.2) is 0 Å². The lowest BCUT2D eigenvalue weighted by Gasteiger charge is -2.46. The molecular formula is C15Cl3F31Si. The molecule has 0 atom stereocenters. The molecule has 0 aromatic rings. The standard InChI is InChI=1S/C15Cl3F31Si/c16-50(17,18)15(48,49)13(43,44)11(39,40)9(35,36)7(31,32)5(27,28)3(23,24)1(19,20)2(21,22)4(25,26)6(29,30)8(33,34)10(37,38)12(41,42)14(45,46)47. The second kappa shape index (κ2) is 11.7. The monoisotopic (exact) mass is 902 g/mol. The second-order valence-corrected chi connectivity index (χ2v) is 17.5. The van der Waals surface area contributed by atoms with Gasteiger partial charge < -0.3 is 0 Å². The topological polar surface area (TPSA) is 0 Å². The van der Waals surface area contributed by atoms with Crippen molar-refractivity contribution in [3.8, 4) is 0 Å². The van der Waals surface area contributed by atoms with Crippen molar-refractivity contribution in [2.24, 2.45) is 0 Å². The summed E-state index contributed by atoms with van der Waals surface area (Å²) in [6.07, 6.45) is -8.35. The molecule has 50 heavy (non-hydrogen) atoms. The van der Waals surface area contributed by atoms with Gasteiger partial charge in [-0.3, -0.25) is 0 Å². The Bertz CT molecular complexity index is 1160. The Balaban J connectivity index is 7.70. The number of halogens is 34. The molecule has 0 fully saturated rings. The molecule has 0 aromatic carbocycles. The third-order valence-corrected chi connectivity index (χ3v) is 9.00. The fourth-order valence-corrected chi connectivity index (χ4v) is 4.30. The first-order valence-corrected chi connectivity index (χ1v) is 15.2. The molecule has 0 amide bonds. The minimum Gasteiger partial charge on any atom is -0.200 e. The Morgan fingerprint density at radius 1 is 0.200 bits per heavy atom. The summed E-state index contributed by atoms with van der Waals surface area (Å²) in [5.41, 5.74) is -7.48. The van der Waals surface area contributed by atoms with Crippen molar-refractivity contribution in [2.45, 2.75) is 88.7 Å². The molecule has 35 heteroatoms. The summed E-state index contributed by atoms with van der Waals surface area (Å²) in [4.78, 5) is 0. The van der Waals surface area contributed by atoms with Gasteiger partial charge in [0.2, 0.25) is 0 Å². The van der Waals surface area contributed by atoms with Gasteiger partial charge in [-0.05, 0) is 0 Å². The Kier molecular flexibility index (Phi) is 11.5. The van der Waals surface area contributed by atoms with E-state index in [1.165, 1.54) is 0 Å². The minimum atomic E-state index is -10.1. The molecule has 302 valence electrons. The first-order valence-electron chi connectivity index (χ1n) is 10.2. The molecule has 0 aliphatic heterocycles. The van der Waals surface area contributed by atoms with Gasteiger partial charge in [-0.15, -0.1) is 33.2 Å². The normalized spacial score (nSPS) is 17.4. The van der Waals surface area contributed by atoms with Crippen molar-refractivity contribution >= 4 is 39.2 Å². The van der Waals surface area contributed by atoms with Crippen LogP contribution in [-0.2, 0) is 0 Å². The van der Waals surface area contributed by atoms with E-state index in [-0.39, 0.29) is 0 Å². The molecule has 0 saturated carbocycles. The highest BCUT2D eigenvalue weighted by atomic mass is 35.8. The van der Waals surface area contributed by atoms with Gasteiger partial charge in [0.1, 0.15) is 0 Å². The maximum Gasteiger partial charge on any atom is 0.460 e. The van der Waals surface area contributed by atoms with E-state index >= 15 is 0 Å². The van der Waals surface area contributed by atoms with Crippen LogP contribution < -0.4 is 0 Å². The Labute approximate surface area is 264 Å². The van der Waals surface area contributed by atoms with Crippen molar-refractivity contribution in [3.05, 3.63) is 0 Å². The van der Waals surface area contributed by atoms with Crippen LogP contribution in [0, 0.1) is 0 Å². The van der Waals surface area contributed by atoms with Gasteiger partial charge in [0.05, 0.1) is 0 Å². The van der Waals surface area contributed by atoms with E-state index in [1.807, 2.05) is 0 Å². The quantitative estimate of drug-likeness (QED) is 0.0926. The highest BCUT2D eigenvalue weighted by molar-refractivity contribution is 7.65. The Hall–Kier alpha value is -1.08. The fourth-order valence-electron chi connectivity index (χ4n) is 2.72. The number of alkyl halides is 31. The predicted octanol–water partition coefficient (Wildman–Crippen LogP) is 11.6. The summed E-state index contributed by atoms with van der Waals surface area (Å²) in [6.45, 7) is 0. The average molecular weight is 904 g/mol. The third-order valence-electron chi connectivity index (χ3n) is 5.84. The van der Waals surface area contributed by atoms with Crippen LogP contribution in [0.2, 0.25) is 0 Å². The first-order chi connectivity index (χ1) is 20.8. The number of rotatable bonds is 14. The maximum atomic E-state index is 13.8. The molecule has 0 unspecified atom stereocenters. The summed E-state index contributed by atoms with van der Waals surface area (Å²) >= 11 is 12.4. The molecule has 0 radical (unpaired) electrons. The minimum absolute atomic E-state index is 4.13. The summed E-state index contributed by atoms with van der Waals surface area (Å²) in [6, 6.07) is -7.15. The van der Waals surface area contributed by atoms with Crippen molar-refractivity contribution < 1.29 is 136 Å².